The van der Waals surface area contributed by atoms with Crippen LogP contribution in [-0.4, -0.2) is 59.2 Å². The van der Waals surface area contributed by atoms with E-state index in [2.05, 4.69) is 17.0 Å². The molecule has 0 spiro atoms. The van der Waals surface area contributed by atoms with Gasteiger partial charge in [0.25, 0.3) is 0 Å². The molecular weight excluding hydrogens is 216 g/mol. The van der Waals surface area contributed by atoms with Crippen molar-refractivity contribution in [1.29, 1.82) is 0 Å². The van der Waals surface area contributed by atoms with Gasteiger partial charge >= 0.3 is 0 Å². The molecule has 0 saturated carbocycles. The molecular formula is C13H20N2O2. The van der Waals surface area contributed by atoms with Crippen molar-refractivity contribution < 1.29 is 15.1 Å². The van der Waals surface area contributed by atoms with Crippen LogP contribution in [0.15, 0.2) is 24.3 Å². The van der Waals surface area contributed by atoms with E-state index >= 15 is 0 Å². The second kappa shape index (κ2) is 4.64. The lowest BCUT2D eigenvalue weighted by molar-refractivity contribution is -0.953. The zero-order valence-corrected chi connectivity index (χ0v) is 10.0. The van der Waals surface area contributed by atoms with Gasteiger partial charge in [-0.1, -0.05) is 0 Å². The summed E-state index contributed by atoms with van der Waals surface area (Å²) in [4.78, 5) is 2.57. The van der Waals surface area contributed by atoms with Gasteiger partial charge in [0.15, 0.2) is 0 Å². The van der Waals surface area contributed by atoms with Gasteiger partial charge in [0.1, 0.15) is 12.3 Å². The van der Waals surface area contributed by atoms with Crippen LogP contribution in [0.4, 0.5) is 0 Å². The molecule has 0 atom stereocenters. The Morgan fingerprint density at radius 2 is 1.53 bits per heavy atom. The van der Waals surface area contributed by atoms with E-state index < -0.39 is 0 Å². The van der Waals surface area contributed by atoms with E-state index in [1.54, 1.807) is 12.1 Å². The number of hydrogen-bond donors (Lipinski definition) is 1. The number of phenols is 1. The molecule has 0 aromatic heterocycles. The van der Waals surface area contributed by atoms with E-state index in [1.807, 2.05) is 0 Å². The lowest BCUT2D eigenvalue weighted by atomic mass is 10.1. The highest BCUT2D eigenvalue weighted by molar-refractivity contribution is 5.25. The molecule has 4 heteroatoms. The molecule has 4 nitrogen and oxygen atoms in total. The Hall–Kier alpha value is -1.10. The van der Waals surface area contributed by atoms with Crippen molar-refractivity contribution in [2.45, 2.75) is 6.54 Å². The van der Waals surface area contributed by atoms with Crippen molar-refractivity contribution in [2.75, 3.05) is 39.3 Å². The number of piperazine rings is 3. The Bertz CT molecular complexity index is 356. The normalized spacial score (nSPS) is 30.9. The average molecular weight is 236 g/mol. The van der Waals surface area contributed by atoms with Gasteiger partial charge in [-0.2, -0.15) is 0 Å². The number of fused-ring (bicyclic) bond motifs is 3. The van der Waals surface area contributed by atoms with Gasteiger partial charge in [0.2, 0.25) is 0 Å². The minimum absolute atomic E-state index is 0. The minimum Gasteiger partial charge on any atom is -0.870 e. The van der Waals surface area contributed by atoms with E-state index in [9.17, 15) is 5.11 Å². The third-order valence-corrected chi connectivity index (χ3v) is 4.13. The van der Waals surface area contributed by atoms with E-state index in [0.29, 0.717) is 5.75 Å². The zero-order chi connectivity index (χ0) is 11.0. The standard InChI is InChI=1S/C13H18N2O.H2O/c16-13-3-1-12(2-4-13)11-15-8-5-14(6-9-15)7-10-15;/h1-4H,5-11H2;1H2. The molecule has 0 radical (unpaired) electrons. The van der Waals surface area contributed by atoms with Gasteiger partial charge < -0.3 is 15.1 Å². The molecule has 2 bridgehead atoms. The molecule has 0 amide bonds. The van der Waals surface area contributed by atoms with Crippen molar-refractivity contribution in [2.24, 2.45) is 0 Å². The summed E-state index contributed by atoms with van der Waals surface area (Å²) in [7, 11) is 0. The first-order chi connectivity index (χ1) is 7.76. The summed E-state index contributed by atoms with van der Waals surface area (Å²) in [6, 6.07) is 7.72. The molecule has 1 aromatic carbocycles. The Balaban J connectivity index is 0.00000108. The van der Waals surface area contributed by atoms with Gasteiger partial charge in [-0.05, 0) is 24.3 Å². The third-order valence-electron chi connectivity index (χ3n) is 4.13. The summed E-state index contributed by atoms with van der Waals surface area (Å²) in [5.41, 5.74) is 1.35. The smallest absolute Gasteiger partial charge is 0.115 e. The fraction of sp³-hybridized carbons (Fsp3) is 0.538. The summed E-state index contributed by atoms with van der Waals surface area (Å²) in [6.07, 6.45) is 0. The summed E-state index contributed by atoms with van der Waals surface area (Å²) < 4.78 is 1.25. The molecule has 17 heavy (non-hydrogen) atoms. The highest BCUT2D eigenvalue weighted by atomic mass is 16.3. The van der Waals surface area contributed by atoms with Crippen molar-refractivity contribution in [1.82, 2.24) is 4.90 Å². The van der Waals surface area contributed by atoms with Crippen LogP contribution in [0, 0.1) is 0 Å². The highest BCUT2D eigenvalue weighted by Gasteiger charge is 2.38. The number of phenolic OH excluding ortho intramolecular Hbond substituents is 1. The summed E-state index contributed by atoms with van der Waals surface area (Å²) in [5, 5.41) is 9.28. The lowest BCUT2D eigenvalue weighted by Crippen LogP contribution is -2.66. The molecule has 2 N–H and O–H groups in total. The Kier molecular flexibility index (Phi) is 3.38. The number of quaternary nitrogens is 1. The fourth-order valence-corrected chi connectivity index (χ4v) is 2.96. The highest BCUT2D eigenvalue weighted by Crippen LogP contribution is 2.23. The van der Waals surface area contributed by atoms with Crippen molar-refractivity contribution in [3.63, 3.8) is 0 Å². The van der Waals surface area contributed by atoms with Crippen LogP contribution < -0.4 is 0 Å². The van der Waals surface area contributed by atoms with Gasteiger partial charge in [0.05, 0.1) is 19.6 Å². The van der Waals surface area contributed by atoms with Gasteiger partial charge in [-0.25, -0.2) is 0 Å². The topological polar surface area (TPSA) is 53.5 Å². The summed E-state index contributed by atoms with van der Waals surface area (Å²) >= 11 is 0. The van der Waals surface area contributed by atoms with E-state index in [-0.39, 0.29) is 5.48 Å². The van der Waals surface area contributed by atoms with Crippen LogP contribution >= 0.6 is 0 Å². The first-order valence-electron chi connectivity index (χ1n) is 6.11. The second-order valence-electron chi connectivity index (χ2n) is 5.18. The number of aromatic hydroxyl groups is 1. The molecule has 3 fully saturated rings. The maximum Gasteiger partial charge on any atom is 0.115 e. The largest absolute Gasteiger partial charge is 0.870 e. The minimum atomic E-state index is 0. The van der Waals surface area contributed by atoms with E-state index in [0.717, 1.165) is 6.54 Å². The number of hydrogen-bond acceptors (Lipinski definition) is 3. The molecule has 0 unspecified atom stereocenters. The zero-order valence-electron chi connectivity index (χ0n) is 10.0. The van der Waals surface area contributed by atoms with E-state index in [1.165, 1.54) is 49.3 Å². The fourth-order valence-electron chi connectivity index (χ4n) is 2.96. The Labute approximate surface area is 102 Å². The maximum absolute atomic E-state index is 9.28. The monoisotopic (exact) mass is 236 g/mol. The van der Waals surface area contributed by atoms with Crippen LogP contribution in [0.2, 0.25) is 0 Å². The molecule has 94 valence electrons. The van der Waals surface area contributed by atoms with Crippen LogP contribution in [0.3, 0.4) is 0 Å². The first-order valence-corrected chi connectivity index (χ1v) is 6.11. The predicted octanol–water partition coefficient (Wildman–Crippen LogP) is 0.861. The predicted molar refractivity (Wildman–Crippen MR) is 65.0 cm³/mol. The summed E-state index contributed by atoms with van der Waals surface area (Å²) in [6.45, 7) is 8.80. The Morgan fingerprint density at radius 3 is 2.06 bits per heavy atom. The Morgan fingerprint density at radius 1 is 1.00 bits per heavy atom. The number of rotatable bonds is 2. The van der Waals surface area contributed by atoms with Crippen molar-refractivity contribution in [3.8, 4) is 5.75 Å². The molecule has 1 aromatic rings. The molecule has 4 rings (SSSR count). The quantitative estimate of drug-likeness (QED) is 0.775. The third kappa shape index (κ3) is 2.44. The van der Waals surface area contributed by atoms with Crippen molar-refractivity contribution in [3.05, 3.63) is 29.8 Å². The molecule has 3 heterocycles. The van der Waals surface area contributed by atoms with Gasteiger partial charge in [0, 0.05) is 25.2 Å². The average Bonchev–Trinajstić information content (AvgIpc) is 2.34. The molecule has 0 aliphatic carbocycles. The maximum atomic E-state index is 9.28. The second-order valence-corrected chi connectivity index (χ2v) is 5.18. The molecule has 3 saturated heterocycles. The van der Waals surface area contributed by atoms with Gasteiger partial charge in [-0.3, -0.25) is 4.90 Å². The van der Waals surface area contributed by atoms with Crippen LogP contribution in [0.1, 0.15) is 5.56 Å². The lowest BCUT2D eigenvalue weighted by Gasteiger charge is -2.50. The van der Waals surface area contributed by atoms with Crippen molar-refractivity contribution >= 4 is 0 Å². The molecule has 3 aliphatic heterocycles. The van der Waals surface area contributed by atoms with E-state index in [4.69, 9.17) is 0 Å². The van der Waals surface area contributed by atoms with Crippen LogP contribution in [0.25, 0.3) is 0 Å². The molecule has 3 aliphatic rings. The number of nitrogens with zero attached hydrogens (tertiary/aromatic N) is 2. The van der Waals surface area contributed by atoms with Crippen LogP contribution in [-0.2, 0) is 6.54 Å². The van der Waals surface area contributed by atoms with Crippen LogP contribution in [0.5, 0.6) is 5.75 Å². The summed E-state index contributed by atoms with van der Waals surface area (Å²) in [5.74, 6) is 0.368. The number of benzene rings is 1. The SMILES string of the molecule is Oc1ccc(C[N+]23CCN(CC2)CC3)cc1.[OH-]. The first kappa shape index (κ1) is 12.4. The van der Waals surface area contributed by atoms with Gasteiger partial charge in [-0.15, -0.1) is 0 Å².